The van der Waals surface area contributed by atoms with Gasteiger partial charge in [0.25, 0.3) is 11.6 Å². The standard InChI is InChI=1S/C17H16N4O4/c1-2-10-18-17(23)20-14-8-6-13(7-9-14)19-16(22)12-4-3-5-15(11-12)21(24)25/h2-9,11H,1,10H2,(H,19,22)(H2,18,20,23). The molecule has 3 amide bonds. The monoisotopic (exact) mass is 340 g/mol. The maximum absolute atomic E-state index is 12.1. The summed E-state index contributed by atoms with van der Waals surface area (Å²) in [5.74, 6) is -0.465. The predicted molar refractivity (Wildman–Crippen MR) is 94.7 cm³/mol. The number of urea groups is 1. The lowest BCUT2D eigenvalue weighted by molar-refractivity contribution is -0.384. The number of amides is 3. The third-order valence-electron chi connectivity index (χ3n) is 3.13. The molecule has 3 N–H and O–H groups in total. The third kappa shape index (κ3) is 5.17. The van der Waals surface area contributed by atoms with E-state index in [-0.39, 0.29) is 17.3 Å². The number of benzene rings is 2. The van der Waals surface area contributed by atoms with Crippen LogP contribution >= 0.6 is 0 Å². The Bertz CT molecular complexity index is 803. The van der Waals surface area contributed by atoms with E-state index >= 15 is 0 Å². The number of nitro groups is 1. The van der Waals surface area contributed by atoms with Gasteiger partial charge in [-0.05, 0) is 30.3 Å². The van der Waals surface area contributed by atoms with Crippen LogP contribution in [0.5, 0.6) is 0 Å². The average molecular weight is 340 g/mol. The molecule has 0 unspecified atom stereocenters. The van der Waals surface area contributed by atoms with Crippen molar-refractivity contribution in [3.8, 4) is 0 Å². The fraction of sp³-hybridized carbons (Fsp3) is 0.0588. The van der Waals surface area contributed by atoms with Crippen LogP contribution in [-0.2, 0) is 0 Å². The molecule has 25 heavy (non-hydrogen) atoms. The molecule has 0 aromatic heterocycles. The zero-order valence-electron chi connectivity index (χ0n) is 13.2. The minimum absolute atomic E-state index is 0.155. The number of hydrogen-bond acceptors (Lipinski definition) is 4. The fourth-order valence-electron chi connectivity index (χ4n) is 1.94. The lowest BCUT2D eigenvalue weighted by Crippen LogP contribution is -2.28. The summed E-state index contributed by atoms with van der Waals surface area (Å²) in [7, 11) is 0. The van der Waals surface area contributed by atoms with Crippen molar-refractivity contribution >= 4 is 29.0 Å². The van der Waals surface area contributed by atoms with Crippen LogP contribution in [0.2, 0.25) is 0 Å². The van der Waals surface area contributed by atoms with E-state index in [9.17, 15) is 19.7 Å². The SMILES string of the molecule is C=CCNC(=O)Nc1ccc(NC(=O)c2cccc([N+](=O)[O-])c2)cc1. The quantitative estimate of drug-likeness (QED) is 0.426. The van der Waals surface area contributed by atoms with Crippen molar-refractivity contribution in [1.82, 2.24) is 5.32 Å². The second kappa shape index (κ2) is 8.25. The molecule has 2 aromatic rings. The molecule has 128 valence electrons. The Balaban J connectivity index is 1.99. The van der Waals surface area contributed by atoms with Crippen molar-refractivity contribution in [3.05, 3.63) is 76.9 Å². The molecule has 0 atom stereocenters. The zero-order valence-corrected chi connectivity index (χ0v) is 13.2. The van der Waals surface area contributed by atoms with Crippen LogP contribution < -0.4 is 16.0 Å². The molecule has 0 saturated heterocycles. The van der Waals surface area contributed by atoms with E-state index in [0.29, 0.717) is 17.9 Å². The first-order valence-electron chi connectivity index (χ1n) is 7.31. The molecular formula is C17H16N4O4. The van der Waals surface area contributed by atoms with E-state index in [2.05, 4.69) is 22.5 Å². The Morgan fingerprint density at radius 1 is 1.08 bits per heavy atom. The van der Waals surface area contributed by atoms with Crippen LogP contribution in [0.4, 0.5) is 21.9 Å². The van der Waals surface area contributed by atoms with Gasteiger partial charge in [0.2, 0.25) is 0 Å². The van der Waals surface area contributed by atoms with Crippen molar-refractivity contribution in [2.45, 2.75) is 0 Å². The Labute approximate surface area is 143 Å². The second-order valence-corrected chi connectivity index (χ2v) is 4.96. The van der Waals surface area contributed by atoms with Crippen LogP contribution in [0, 0.1) is 10.1 Å². The molecule has 8 nitrogen and oxygen atoms in total. The molecule has 0 spiro atoms. The van der Waals surface area contributed by atoms with E-state index < -0.39 is 10.8 Å². The molecule has 0 aliphatic heterocycles. The van der Waals surface area contributed by atoms with Gasteiger partial charge >= 0.3 is 6.03 Å². The third-order valence-corrected chi connectivity index (χ3v) is 3.13. The Kier molecular flexibility index (Phi) is 5.83. The number of nitrogens with one attached hydrogen (secondary N) is 3. The van der Waals surface area contributed by atoms with Crippen LogP contribution in [0.1, 0.15) is 10.4 Å². The summed E-state index contributed by atoms with van der Waals surface area (Å²) in [5.41, 5.74) is 1.07. The highest BCUT2D eigenvalue weighted by molar-refractivity contribution is 6.04. The molecule has 0 fully saturated rings. The predicted octanol–water partition coefficient (Wildman–Crippen LogP) is 3.15. The smallest absolute Gasteiger partial charge is 0.319 e. The minimum Gasteiger partial charge on any atom is -0.334 e. The van der Waals surface area contributed by atoms with E-state index in [4.69, 9.17) is 0 Å². The van der Waals surface area contributed by atoms with E-state index in [1.54, 1.807) is 30.3 Å². The molecule has 0 bridgehead atoms. The van der Waals surface area contributed by atoms with Crippen LogP contribution in [-0.4, -0.2) is 23.4 Å². The summed E-state index contributed by atoms with van der Waals surface area (Å²) in [6, 6.07) is 11.5. The van der Waals surface area contributed by atoms with E-state index in [0.717, 1.165) is 0 Å². The Morgan fingerprint density at radius 2 is 1.72 bits per heavy atom. The largest absolute Gasteiger partial charge is 0.334 e. The first kappa shape index (κ1) is 17.7. The summed E-state index contributed by atoms with van der Waals surface area (Å²) < 4.78 is 0. The minimum atomic E-state index is -0.561. The normalized spacial score (nSPS) is 9.76. The molecule has 0 heterocycles. The highest BCUT2D eigenvalue weighted by atomic mass is 16.6. The van der Waals surface area contributed by atoms with Crippen LogP contribution in [0.3, 0.4) is 0 Å². The van der Waals surface area contributed by atoms with Crippen LogP contribution in [0.25, 0.3) is 0 Å². The number of hydrogen-bond donors (Lipinski definition) is 3. The first-order chi connectivity index (χ1) is 12.0. The number of nitrogens with zero attached hydrogens (tertiary/aromatic N) is 1. The lowest BCUT2D eigenvalue weighted by Gasteiger charge is -2.08. The molecular weight excluding hydrogens is 324 g/mol. The Morgan fingerprint density at radius 3 is 2.32 bits per heavy atom. The second-order valence-electron chi connectivity index (χ2n) is 4.96. The number of non-ortho nitro benzene ring substituents is 1. The van der Waals surface area contributed by atoms with Crippen LogP contribution in [0.15, 0.2) is 61.2 Å². The van der Waals surface area contributed by atoms with Crippen molar-refractivity contribution in [3.63, 3.8) is 0 Å². The number of anilines is 2. The molecule has 0 aliphatic rings. The van der Waals surface area contributed by atoms with Crippen molar-refractivity contribution < 1.29 is 14.5 Å². The fourth-order valence-corrected chi connectivity index (χ4v) is 1.94. The zero-order chi connectivity index (χ0) is 18.2. The van der Waals surface area contributed by atoms with Gasteiger partial charge in [0.1, 0.15) is 0 Å². The number of nitro benzene ring substituents is 1. The van der Waals surface area contributed by atoms with E-state index in [1.165, 1.54) is 24.3 Å². The number of carbonyl (C=O) groups is 2. The molecule has 2 aromatic carbocycles. The summed E-state index contributed by atoms with van der Waals surface area (Å²) in [5, 5.41) is 18.6. The molecule has 2 rings (SSSR count). The van der Waals surface area contributed by atoms with Gasteiger partial charge in [0, 0.05) is 35.6 Å². The highest BCUT2D eigenvalue weighted by Crippen LogP contribution is 2.17. The van der Waals surface area contributed by atoms with Gasteiger partial charge < -0.3 is 16.0 Å². The highest BCUT2D eigenvalue weighted by Gasteiger charge is 2.11. The van der Waals surface area contributed by atoms with Gasteiger partial charge in [-0.15, -0.1) is 6.58 Å². The number of carbonyl (C=O) groups excluding carboxylic acids is 2. The van der Waals surface area contributed by atoms with Gasteiger partial charge in [-0.25, -0.2) is 4.79 Å². The maximum atomic E-state index is 12.1. The lowest BCUT2D eigenvalue weighted by atomic mass is 10.2. The molecule has 8 heteroatoms. The Hall–Kier alpha value is -3.68. The van der Waals surface area contributed by atoms with Gasteiger partial charge in [-0.3, -0.25) is 14.9 Å². The van der Waals surface area contributed by atoms with Crippen molar-refractivity contribution in [2.75, 3.05) is 17.2 Å². The topological polar surface area (TPSA) is 113 Å². The molecule has 0 aliphatic carbocycles. The first-order valence-corrected chi connectivity index (χ1v) is 7.31. The number of rotatable bonds is 6. The summed E-state index contributed by atoms with van der Waals surface area (Å²) >= 11 is 0. The van der Waals surface area contributed by atoms with Gasteiger partial charge in [0.05, 0.1) is 4.92 Å². The average Bonchev–Trinajstić information content (AvgIpc) is 2.61. The summed E-state index contributed by atoms with van der Waals surface area (Å²) in [6.07, 6.45) is 1.56. The van der Waals surface area contributed by atoms with Gasteiger partial charge in [-0.1, -0.05) is 12.1 Å². The van der Waals surface area contributed by atoms with Gasteiger partial charge in [0.15, 0.2) is 0 Å². The maximum Gasteiger partial charge on any atom is 0.319 e. The molecule has 0 saturated carbocycles. The van der Waals surface area contributed by atoms with Gasteiger partial charge in [-0.2, -0.15) is 0 Å². The van der Waals surface area contributed by atoms with Crippen molar-refractivity contribution in [2.24, 2.45) is 0 Å². The summed E-state index contributed by atoms with van der Waals surface area (Å²) in [4.78, 5) is 33.9. The van der Waals surface area contributed by atoms with E-state index in [1.807, 2.05) is 0 Å². The summed E-state index contributed by atoms with van der Waals surface area (Å²) in [6.45, 7) is 3.85. The molecule has 0 radical (unpaired) electrons. The van der Waals surface area contributed by atoms with Crippen molar-refractivity contribution in [1.29, 1.82) is 0 Å².